The molecule has 0 aliphatic carbocycles. The summed E-state index contributed by atoms with van der Waals surface area (Å²) in [7, 11) is -4.32. The van der Waals surface area contributed by atoms with Gasteiger partial charge in [-0.25, -0.2) is 0 Å². The molecular weight excluding hydrogens is 216 g/mol. The summed E-state index contributed by atoms with van der Waals surface area (Å²) in [5.74, 6) is 0. The molecule has 0 saturated heterocycles. The van der Waals surface area contributed by atoms with Crippen LogP contribution in [-0.4, -0.2) is 26.2 Å². The Bertz CT molecular complexity index is 267. The first-order valence-electron chi connectivity index (χ1n) is 4.27. The van der Waals surface area contributed by atoms with E-state index in [0.29, 0.717) is 0 Å². The molecule has 2 N–H and O–H groups in total. The van der Waals surface area contributed by atoms with E-state index in [4.69, 9.17) is 0 Å². The SMILES string of the molecule is C[Si](C)(O)c1ccc([Si](C)(C)O)s1. The van der Waals surface area contributed by atoms with Gasteiger partial charge in [-0.1, -0.05) is 0 Å². The minimum atomic E-state index is -2.16. The Morgan fingerprint density at radius 1 is 0.923 bits per heavy atom. The fourth-order valence-electron chi connectivity index (χ4n) is 0.996. The van der Waals surface area contributed by atoms with Crippen molar-refractivity contribution in [2.75, 3.05) is 0 Å². The van der Waals surface area contributed by atoms with E-state index in [1.807, 2.05) is 38.3 Å². The van der Waals surface area contributed by atoms with Crippen molar-refractivity contribution in [3.05, 3.63) is 12.1 Å². The van der Waals surface area contributed by atoms with Gasteiger partial charge >= 0.3 is 0 Å². The first-order chi connectivity index (χ1) is 5.71. The molecule has 1 aromatic rings. The summed E-state index contributed by atoms with van der Waals surface area (Å²) >= 11 is 1.57. The van der Waals surface area contributed by atoms with E-state index in [1.54, 1.807) is 11.3 Å². The average Bonchev–Trinajstić information content (AvgIpc) is 2.28. The predicted octanol–water partition coefficient (Wildman–Crippen LogP) is 0.557. The molecule has 0 radical (unpaired) electrons. The topological polar surface area (TPSA) is 40.5 Å². The largest absolute Gasteiger partial charge is 0.427 e. The lowest BCUT2D eigenvalue weighted by Crippen LogP contribution is -2.42. The molecule has 0 spiro atoms. The van der Waals surface area contributed by atoms with Crippen molar-refractivity contribution in [2.24, 2.45) is 0 Å². The van der Waals surface area contributed by atoms with Gasteiger partial charge in [0.2, 0.25) is 16.6 Å². The van der Waals surface area contributed by atoms with Gasteiger partial charge in [-0.3, -0.25) is 0 Å². The number of rotatable bonds is 2. The van der Waals surface area contributed by atoms with Crippen molar-refractivity contribution in [3.8, 4) is 0 Å². The fourth-order valence-corrected chi connectivity index (χ4v) is 5.45. The predicted molar refractivity (Wildman–Crippen MR) is 63.0 cm³/mol. The van der Waals surface area contributed by atoms with Crippen LogP contribution in [0.2, 0.25) is 26.2 Å². The summed E-state index contributed by atoms with van der Waals surface area (Å²) in [5.41, 5.74) is 0. The first-order valence-corrected chi connectivity index (χ1v) is 11.0. The lowest BCUT2D eigenvalue weighted by Gasteiger charge is -2.13. The smallest absolute Gasteiger partial charge is 0.224 e. The number of thiophene rings is 1. The zero-order valence-electron chi connectivity index (χ0n) is 8.46. The highest BCUT2D eigenvalue weighted by Crippen LogP contribution is 2.07. The van der Waals surface area contributed by atoms with E-state index in [9.17, 15) is 9.59 Å². The maximum absolute atomic E-state index is 9.85. The quantitative estimate of drug-likeness (QED) is 0.732. The highest BCUT2D eigenvalue weighted by Gasteiger charge is 2.27. The zero-order valence-corrected chi connectivity index (χ0v) is 11.3. The van der Waals surface area contributed by atoms with Gasteiger partial charge in [0.15, 0.2) is 0 Å². The molecular formula is C8H16O2SSi2. The molecule has 13 heavy (non-hydrogen) atoms. The summed E-state index contributed by atoms with van der Waals surface area (Å²) in [5, 5.41) is 0. The van der Waals surface area contributed by atoms with E-state index in [0.717, 1.165) is 9.00 Å². The molecule has 0 atom stereocenters. The molecule has 0 bridgehead atoms. The third-order valence-corrected chi connectivity index (χ3v) is 8.88. The van der Waals surface area contributed by atoms with E-state index in [2.05, 4.69) is 0 Å². The summed E-state index contributed by atoms with van der Waals surface area (Å²) in [6, 6.07) is 3.91. The second-order valence-corrected chi connectivity index (χ2v) is 13.4. The summed E-state index contributed by atoms with van der Waals surface area (Å²) in [4.78, 5) is 19.7. The molecule has 0 amide bonds. The van der Waals surface area contributed by atoms with Crippen LogP contribution >= 0.6 is 11.3 Å². The Labute approximate surface area is 85.1 Å². The molecule has 0 aliphatic rings. The molecule has 2 nitrogen and oxygen atoms in total. The van der Waals surface area contributed by atoms with Gasteiger partial charge in [0.05, 0.1) is 0 Å². The Kier molecular flexibility index (Phi) is 2.84. The summed E-state index contributed by atoms with van der Waals surface area (Å²) in [6.07, 6.45) is 0. The molecule has 1 aromatic heterocycles. The molecule has 1 rings (SSSR count). The van der Waals surface area contributed by atoms with Crippen LogP contribution in [0.15, 0.2) is 12.1 Å². The maximum atomic E-state index is 9.85. The molecule has 5 heteroatoms. The standard InChI is InChI=1S/C8H16O2SSi2/c1-12(2,9)7-5-6-8(11-7)13(3,4)10/h5-6,9-10H,1-4H3. The van der Waals surface area contributed by atoms with E-state index in [-0.39, 0.29) is 0 Å². The summed E-state index contributed by atoms with van der Waals surface area (Å²) < 4.78 is 2.11. The monoisotopic (exact) mass is 232 g/mol. The number of hydrogen-bond acceptors (Lipinski definition) is 3. The third-order valence-electron chi connectivity index (χ3n) is 1.81. The molecule has 0 unspecified atom stereocenters. The van der Waals surface area contributed by atoms with E-state index >= 15 is 0 Å². The minimum absolute atomic E-state index is 1.05. The van der Waals surface area contributed by atoms with E-state index in [1.165, 1.54) is 0 Å². The fraction of sp³-hybridized carbons (Fsp3) is 0.500. The Morgan fingerprint density at radius 3 is 1.38 bits per heavy atom. The maximum Gasteiger partial charge on any atom is 0.224 e. The van der Waals surface area contributed by atoms with Crippen molar-refractivity contribution >= 4 is 37.0 Å². The van der Waals surface area contributed by atoms with Gasteiger partial charge in [-0.2, -0.15) is 0 Å². The van der Waals surface area contributed by atoms with Crippen LogP contribution in [0.1, 0.15) is 0 Å². The van der Waals surface area contributed by atoms with Gasteiger partial charge < -0.3 is 9.59 Å². The Balaban J connectivity index is 3.01. The number of hydrogen-bond donors (Lipinski definition) is 2. The Hall–Kier alpha value is 0.0538. The minimum Gasteiger partial charge on any atom is -0.427 e. The van der Waals surface area contributed by atoms with Crippen molar-refractivity contribution < 1.29 is 9.59 Å². The van der Waals surface area contributed by atoms with Gasteiger partial charge in [-0.15, -0.1) is 11.3 Å². The molecule has 0 saturated carbocycles. The molecule has 0 aromatic carbocycles. The van der Waals surface area contributed by atoms with Crippen LogP contribution in [0.25, 0.3) is 0 Å². The van der Waals surface area contributed by atoms with Crippen LogP contribution in [0.4, 0.5) is 0 Å². The lowest BCUT2D eigenvalue weighted by atomic mass is 10.7. The van der Waals surface area contributed by atoms with Crippen LogP contribution in [0.3, 0.4) is 0 Å². The van der Waals surface area contributed by atoms with Gasteiger partial charge in [0.25, 0.3) is 0 Å². The van der Waals surface area contributed by atoms with Crippen LogP contribution in [0.5, 0.6) is 0 Å². The highest BCUT2D eigenvalue weighted by atomic mass is 32.1. The van der Waals surface area contributed by atoms with Crippen molar-refractivity contribution in [2.45, 2.75) is 26.2 Å². The first kappa shape index (κ1) is 11.1. The third kappa shape index (κ3) is 2.75. The molecule has 74 valence electrons. The van der Waals surface area contributed by atoms with Crippen LogP contribution in [-0.2, 0) is 0 Å². The van der Waals surface area contributed by atoms with E-state index < -0.39 is 16.6 Å². The van der Waals surface area contributed by atoms with Crippen molar-refractivity contribution in [1.29, 1.82) is 0 Å². The average molecular weight is 232 g/mol. The Morgan fingerprint density at radius 2 is 1.23 bits per heavy atom. The second-order valence-electron chi connectivity index (χ2n) is 4.28. The highest BCUT2D eigenvalue weighted by molar-refractivity contribution is 7.34. The normalized spacial score (nSPS) is 13.4. The molecule has 0 fully saturated rings. The van der Waals surface area contributed by atoms with Gasteiger partial charge in [0, 0.05) is 9.00 Å². The second kappa shape index (κ2) is 3.32. The lowest BCUT2D eigenvalue weighted by molar-refractivity contribution is 0.569. The molecule has 0 aliphatic heterocycles. The van der Waals surface area contributed by atoms with Gasteiger partial charge in [-0.05, 0) is 38.3 Å². The summed E-state index contributed by atoms with van der Waals surface area (Å²) in [6.45, 7) is 7.59. The molecule has 1 heterocycles. The van der Waals surface area contributed by atoms with Crippen LogP contribution in [0, 0.1) is 0 Å². The van der Waals surface area contributed by atoms with Crippen molar-refractivity contribution in [3.63, 3.8) is 0 Å². The van der Waals surface area contributed by atoms with Gasteiger partial charge in [0.1, 0.15) is 0 Å². The van der Waals surface area contributed by atoms with Crippen LogP contribution < -0.4 is 9.00 Å². The van der Waals surface area contributed by atoms with Crippen molar-refractivity contribution in [1.82, 2.24) is 0 Å². The zero-order chi connectivity index (χ0) is 10.3.